The second-order valence-corrected chi connectivity index (χ2v) is 12.9. The third-order valence-electron chi connectivity index (χ3n) is 10.0. The van der Waals surface area contributed by atoms with Gasteiger partial charge in [0.05, 0.1) is 5.69 Å². The van der Waals surface area contributed by atoms with E-state index in [0.29, 0.717) is 0 Å². The zero-order chi connectivity index (χ0) is 33.0. The van der Waals surface area contributed by atoms with Crippen molar-refractivity contribution in [2.45, 2.75) is 0 Å². The van der Waals surface area contributed by atoms with Crippen molar-refractivity contribution in [3.8, 4) is 22.3 Å². The molecule has 0 spiro atoms. The van der Waals surface area contributed by atoms with E-state index in [9.17, 15) is 0 Å². The number of fused-ring (bicyclic) bond motifs is 7. The van der Waals surface area contributed by atoms with Crippen LogP contribution >= 0.6 is 0 Å². The first-order valence-electron chi connectivity index (χ1n) is 17.1. The van der Waals surface area contributed by atoms with Crippen LogP contribution in [0, 0.1) is 0 Å². The van der Waals surface area contributed by atoms with Gasteiger partial charge in [0, 0.05) is 27.5 Å². The Morgan fingerprint density at radius 2 is 0.880 bits per heavy atom. The van der Waals surface area contributed by atoms with Crippen LogP contribution < -0.4 is 4.90 Å². The number of para-hydroxylation sites is 1. The zero-order valence-electron chi connectivity index (χ0n) is 27.3. The average molecular weight is 638 g/mol. The van der Waals surface area contributed by atoms with Crippen molar-refractivity contribution < 1.29 is 4.42 Å². The summed E-state index contributed by atoms with van der Waals surface area (Å²) in [5.74, 6) is 0. The highest BCUT2D eigenvalue weighted by Crippen LogP contribution is 2.43. The summed E-state index contributed by atoms with van der Waals surface area (Å²) in [5, 5.41) is 9.73. The molecule has 0 unspecified atom stereocenters. The van der Waals surface area contributed by atoms with Crippen molar-refractivity contribution in [1.82, 2.24) is 0 Å². The minimum atomic E-state index is 0.910. The quantitative estimate of drug-likeness (QED) is 0.175. The molecule has 0 aliphatic rings. The summed E-state index contributed by atoms with van der Waals surface area (Å²) >= 11 is 0. The fourth-order valence-electron chi connectivity index (χ4n) is 7.62. The van der Waals surface area contributed by atoms with E-state index in [1.807, 2.05) is 12.1 Å². The summed E-state index contributed by atoms with van der Waals surface area (Å²) in [6.07, 6.45) is 0. The molecule has 0 N–H and O–H groups in total. The summed E-state index contributed by atoms with van der Waals surface area (Å²) in [4.78, 5) is 2.40. The molecule has 0 saturated carbocycles. The van der Waals surface area contributed by atoms with Crippen LogP contribution in [0.1, 0.15) is 0 Å². The maximum Gasteiger partial charge on any atom is 0.135 e. The Balaban J connectivity index is 1.12. The Bertz CT molecular complexity index is 2860. The lowest BCUT2D eigenvalue weighted by Crippen LogP contribution is -2.10. The molecular weight excluding hydrogens is 607 g/mol. The Morgan fingerprint density at radius 3 is 1.66 bits per heavy atom. The molecular formula is C48H31NO. The first-order chi connectivity index (χ1) is 24.8. The molecule has 234 valence electrons. The number of hydrogen-bond acceptors (Lipinski definition) is 2. The van der Waals surface area contributed by atoms with Crippen LogP contribution in [0.4, 0.5) is 17.1 Å². The summed E-state index contributed by atoms with van der Waals surface area (Å²) < 4.78 is 6.11. The molecule has 0 aliphatic carbocycles. The predicted octanol–water partition coefficient (Wildman–Crippen LogP) is 13.8. The monoisotopic (exact) mass is 637 g/mol. The molecule has 2 heteroatoms. The van der Waals surface area contributed by atoms with E-state index in [1.165, 1.54) is 43.4 Å². The largest absolute Gasteiger partial charge is 0.456 e. The third kappa shape index (κ3) is 4.65. The summed E-state index contributed by atoms with van der Waals surface area (Å²) in [6.45, 7) is 0. The van der Waals surface area contributed by atoms with Gasteiger partial charge < -0.3 is 9.32 Å². The highest BCUT2D eigenvalue weighted by atomic mass is 16.3. The SMILES string of the molecule is c1ccc2c(-c3ccc(N(c4ccc(-c5ccc6oc7ccccc7c6c5)cc4)c4cc5ccccc5c5ccccc45)cc3)cccc2c1. The van der Waals surface area contributed by atoms with Crippen LogP contribution in [0.5, 0.6) is 0 Å². The van der Waals surface area contributed by atoms with Crippen LogP contribution in [-0.2, 0) is 0 Å². The number of benzene rings is 9. The van der Waals surface area contributed by atoms with Crippen LogP contribution in [0.2, 0.25) is 0 Å². The molecule has 2 nitrogen and oxygen atoms in total. The van der Waals surface area contributed by atoms with Crippen LogP contribution in [0.15, 0.2) is 192 Å². The molecule has 10 rings (SSSR count). The summed E-state index contributed by atoms with van der Waals surface area (Å²) in [7, 11) is 0. The van der Waals surface area contributed by atoms with Crippen LogP contribution in [0.3, 0.4) is 0 Å². The lowest BCUT2D eigenvalue weighted by Gasteiger charge is -2.28. The topological polar surface area (TPSA) is 16.4 Å². The molecule has 9 aromatic carbocycles. The number of hydrogen-bond donors (Lipinski definition) is 0. The lowest BCUT2D eigenvalue weighted by molar-refractivity contribution is 0.669. The van der Waals surface area contributed by atoms with Gasteiger partial charge in [0.1, 0.15) is 11.2 Å². The standard InChI is InChI=1S/C48H31NO/c1-3-13-39-33(10-1)12-9-18-40(39)34-22-27-38(28-23-34)49(46-31-36-11-2-4-14-41(36)42-15-5-6-16-43(42)46)37-25-20-32(21-26-37)35-24-29-48-45(30-35)44-17-7-8-19-47(44)50-48/h1-31H. The molecule has 0 bridgehead atoms. The minimum Gasteiger partial charge on any atom is -0.456 e. The molecule has 0 radical (unpaired) electrons. The maximum atomic E-state index is 6.11. The second kappa shape index (κ2) is 11.5. The highest BCUT2D eigenvalue weighted by molar-refractivity contribution is 6.14. The fourth-order valence-corrected chi connectivity index (χ4v) is 7.62. The Hall–Kier alpha value is -6.64. The molecule has 0 atom stereocenters. The van der Waals surface area contributed by atoms with Gasteiger partial charge in [-0.3, -0.25) is 0 Å². The average Bonchev–Trinajstić information content (AvgIpc) is 3.56. The summed E-state index contributed by atoms with van der Waals surface area (Å²) in [5.41, 5.74) is 9.95. The lowest BCUT2D eigenvalue weighted by atomic mass is 9.97. The first kappa shape index (κ1) is 28.4. The number of furan rings is 1. The maximum absolute atomic E-state index is 6.11. The van der Waals surface area contributed by atoms with E-state index in [-0.39, 0.29) is 0 Å². The van der Waals surface area contributed by atoms with E-state index in [2.05, 4.69) is 181 Å². The number of rotatable bonds is 5. The van der Waals surface area contributed by atoms with E-state index in [4.69, 9.17) is 4.42 Å². The van der Waals surface area contributed by atoms with Crippen molar-refractivity contribution in [2.75, 3.05) is 4.90 Å². The van der Waals surface area contributed by atoms with Gasteiger partial charge in [0.15, 0.2) is 0 Å². The van der Waals surface area contributed by atoms with Crippen molar-refractivity contribution in [1.29, 1.82) is 0 Å². The van der Waals surface area contributed by atoms with E-state index in [1.54, 1.807) is 0 Å². The van der Waals surface area contributed by atoms with Gasteiger partial charge in [-0.1, -0.05) is 140 Å². The van der Waals surface area contributed by atoms with Crippen LogP contribution in [0.25, 0.3) is 76.5 Å². The van der Waals surface area contributed by atoms with Gasteiger partial charge >= 0.3 is 0 Å². The number of anilines is 3. The Morgan fingerprint density at radius 1 is 0.320 bits per heavy atom. The van der Waals surface area contributed by atoms with Gasteiger partial charge in [0.25, 0.3) is 0 Å². The van der Waals surface area contributed by atoms with Gasteiger partial charge in [-0.05, 0) is 97.7 Å². The summed E-state index contributed by atoms with van der Waals surface area (Å²) in [6, 6.07) is 67.7. The molecule has 1 aromatic heterocycles. The molecule has 50 heavy (non-hydrogen) atoms. The molecule has 0 fully saturated rings. The third-order valence-corrected chi connectivity index (χ3v) is 10.0. The fraction of sp³-hybridized carbons (Fsp3) is 0. The van der Waals surface area contributed by atoms with Crippen molar-refractivity contribution in [3.63, 3.8) is 0 Å². The van der Waals surface area contributed by atoms with Gasteiger partial charge in [0.2, 0.25) is 0 Å². The highest BCUT2D eigenvalue weighted by Gasteiger charge is 2.18. The van der Waals surface area contributed by atoms with Crippen molar-refractivity contribution in [3.05, 3.63) is 188 Å². The normalized spacial score (nSPS) is 11.6. The van der Waals surface area contributed by atoms with E-state index in [0.717, 1.165) is 50.1 Å². The Labute approximate surface area is 290 Å². The minimum absolute atomic E-state index is 0.910. The van der Waals surface area contributed by atoms with E-state index < -0.39 is 0 Å². The molecule has 1 heterocycles. The number of nitrogens with zero attached hydrogens (tertiary/aromatic N) is 1. The van der Waals surface area contributed by atoms with Crippen LogP contribution in [-0.4, -0.2) is 0 Å². The first-order valence-corrected chi connectivity index (χ1v) is 17.1. The second-order valence-electron chi connectivity index (χ2n) is 12.9. The Kier molecular flexibility index (Phi) is 6.53. The van der Waals surface area contributed by atoms with Gasteiger partial charge in [-0.2, -0.15) is 0 Å². The molecule has 0 saturated heterocycles. The molecule has 0 aliphatic heterocycles. The predicted molar refractivity (Wildman–Crippen MR) is 212 cm³/mol. The van der Waals surface area contributed by atoms with Crippen molar-refractivity contribution >= 4 is 71.3 Å². The van der Waals surface area contributed by atoms with Gasteiger partial charge in [-0.15, -0.1) is 0 Å². The molecule has 10 aromatic rings. The van der Waals surface area contributed by atoms with Crippen molar-refractivity contribution in [2.24, 2.45) is 0 Å². The smallest absolute Gasteiger partial charge is 0.135 e. The van der Waals surface area contributed by atoms with E-state index >= 15 is 0 Å². The molecule has 0 amide bonds. The van der Waals surface area contributed by atoms with Gasteiger partial charge in [-0.25, -0.2) is 0 Å². The zero-order valence-corrected chi connectivity index (χ0v) is 27.3.